The Bertz CT molecular complexity index is 982. The highest BCUT2D eigenvalue weighted by Gasteiger charge is 2.32. The van der Waals surface area contributed by atoms with Crippen LogP contribution in [0.2, 0.25) is 0 Å². The van der Waals surface area contributed by atoms with Gasteiger partial charge < -0.3 is 10.4 Å². The van der Waals surface area contributed by atoms with Crippen molar-refractivity contribution in [3.05, 3.63) is 112 Å². The molecule has 7 heteroatoms. The summed E-state index contributed by atoms with van der Waals surface area (Å²) in [5.74, 6) is -2.54. The number of nitro groups is 1. The summed E-state index contributed by atoms with van der Waals surface area (Å²) in [5, 5.41) is 23.4. The second-order valence-electron chi connectivity index (χ2n) is 6.40. The van der Waals surface area contributed by atoms with E-state index in [0.29, 0.717) is 0 Å². The highest BCUT2D eigenvalue weighted by Crippen LogP contribution is 2.28. The van der Waals surface area contributed by atoms with Gasteiger partial charge in [0, 0.05) is 23.6 Å². The number of amides is 1. The van der Waals surface area contributed by atoms with Gasteiger partial charge >= 0.3 is 5.97 Å². The lowest BCUT2D eigenvalue weighted by molar-refractivity contribution is -0.384. The summed E-state index contributed by atoms with van der Waals surface area (Å²) in [7, 11) is 0. The summed E-state index contributed by atoms with van der Waals surface area (Å²) in [6.07, 6.45) is 0. The van der Waals surface area contributed by atoms with Crippen LogP contribution in [0.5, 0.6) is 0 Å². The Kier molecular flexibility index (Phi) is 5.99. The Morgan fingerprint density at radius 2 is 1.41 bits per heavy atom. The van der Waals surface area contributed by atoms with Gasteiger partial charge in [0.1, 0.15) is 6.04 Å². The minimum absolute atomic E-state index is 0.0188. The maximum Gasteiger partial charge on any atom is 0.327 e. The zero-order valence-corrected chi connectivity index (χ0v) is 15.3. The van der Waals surface area contributed by atoms with Gasteiger partial charge in [0.25, 0.3) is 11.6 Å². The van der Waals surface area contributed by atoms with Gasteiger partial charge in [0.15, 0.2) is 0 Å². The van der Waals surface area contributed by atoms with E-state index < -0.39 is 28.8 Å². The van der Waals surface area contributed by atoms with Crippen LogP contribution in [0.3, 0.4) is 0 Å². The number of rotatable bonds is 7. The van der Waals surface area contributed by atoms with Gasteiger partial charge in [-0.15, -0.1) is 0 Å². The Morgan fingerprint density at radius 1 is 0.862 bits per heavy atom. The predicted molar refractivity (Wildman–Crippen MR) is 107 cm³/mol. The topological polar surface area (TPSA) is 110 Å². The third kappa shape index (κ3) is 4.65. The number of carboxylic acids is 1. The van der Waals surface area contributed by atoms with Crippen LogP contribution in [-0.2, 0) is 4.79 Å². The van der Waals surface area contributed by atoms with Crippen LogP contribution < -0.4 is 5.32 Å². The van der Waals surface area contributed by atoms with Crippen molar-refractivity contribution in [1.82, 2.24) is 5.32 Å². The van der Waals surface area contributed by atoms with E-state index in [1.165, 1.54) is 18.2 Å². The van der Waals surface area contributed by atoms with E-state index in [9.17, 15) is 24.8 Å². The van der Waals surface area contributed by atoms with Crippen LogP contribution in [0, 0.1) is 10.1 Å². The normalized spacial score (nSPS) is 11.6. The fraction of sp³-hybridized carbons (Fsp3) is 0.0909. The molecule has 0 saturated carbocycles. The van der Waals surface area contributed by atoms with Gasteiger partial charge in [0.05, 0.1) is 4.92 Å². The van der Waals surface area contributed by atoms with Crippen molar-refractivity contribution in [2.75, 3.05) is 0 Å². The molecule has 0 heterocycles. The fourth-order valence-corrected chi connectivity index (χ4v) is 3.17. The number of carbonyl (C=O) groups excluding carboxylic acids is 1. The molecule has 3 aromatic carbocycles. The van der Waals surface area contributed by atoms with Crippen molar-refractivity contribution in [3.63, 3.8) is 0 Å². The van der Waals surface area contributed by atoms with Crippen molar-refractivity contribution in [1.29, 1.82) is 0 Å². The quantitative estimate of drug-likeness (QED) is 0.473. The van der Waals surface area contributed by atoms with Crippen molar-refractivity contribution in [3.8, 4) is 0 Å². The number of carboxylic acid groups (broad SMARTS) is 1. The molecule has 3 rings (SSSR count). The van der Waals surface area contributed by atoms with E-state index in [1.807, 2.05) is 12.1 Å². The summed E-state index contributed by atoms with van der Waals surface area (Å²) < 4.78 is 0. The zero-order valence-electron chi connectivity index (χ0n) is 15.3. The molecule has 0 saturated heterocycles. The van der Waals surface area contributed by atoms with Gasteiger partial charge in [-0.25, -0.2) is 4.79 Å². The first-order valence-corrected chi connectivity index (χ1v) is 8.85. The SMILES string of the molecule is O=C(N[C@H](C(=O)O)C(c1ccccc1)c1ccccc1)c1cccc([N+](=O)[O-])c1. The van der Waals surface area contributed by atoms with Gasteiger partial charge in [-0.2, -0.15) is 0 Å². The Labute approximate surface area is 166 Å². The van der Waals surface area contributed by atoms with Gasteiger partial charge in [-0.05, 0) is 17.2 Å². The molecular weight excluding hydrogens is 372 g/mol. The summed E-state index contributed by atoms with van der Waals surface area (Å²) in [4.78, 5) is 35.2. The van der Waals surface area contributed by atoms with Gasteiger partial charge in [-0.1, -0.05) is 66.7 Å². The van der Waals surface area contributed by atoms with Crippen LogP contribution in [0.25, 0.3) is 0 Å². The van der Waals surface area contributed by atoms with Crippen LogP contribution in [0.15, 0.2) is 84.9 Å². The molecule has 0 aromatic heterocycles. The lowest BCUT2D eigenvalue weighted by Crippen LogP contribution is -2.45. The molecule has 0 aliphatic rings. The molecule has 1 atom stereocenters. The number of nitro benzene ring substituents is 1. The predicted octanol–water partition coefficient (Wildman–Crippen LogP) is 3.61. The van der Waals surface area contributed by atoms with Crippen molar-refractivity contribution < 1.29 is 19.6 Å². The molecule has 1 amide bonds. The zero-order chi connectivity index (χ0) is 20.8. The molecule has 0 fully saturated rings. The van der Waals surface area contributed by atoms with Gasteiger partial charge in [-0.3, -0.25) is 14.9 Å². The molecule has 0 spiro atoms. The van der Waals surface area contributed by atoms with E-state index in [2.05, 4.69) is 5.32 Å². The van der Waals surface area contributed by atoms with E-state index in [0.717, 1.165) is 17.2 Å². The second-order valence-corrected chi connectivity index (χ2v) is 6.40. The molecule has 7 nitrogen and oxygen atoms in total. The van der Waals surface area contributed by atoms with E-state index in [1.54, 1.807) is 48.5 Å². The summed E-state index contributed by atoms with van der Waals surface area (Å²) in [6, 6.07) is 21.9. The first-order chi connectivity index (χ1) is 14.0. The average molecular weight is 390 g/mol. The first kappa shape index (κ1) is 19.8. The van der Waals surface area contributed by atoms with E-state index >= 15 is 0 Å². The number of hydrogen-bond acceptors (Lipinski definition) is 4. The molecular formula is C22H18N2O5. The van der Waals surface area contributed by atoms with Crippen LogP contribution >= 0.6 is 0 Å². The van der Waals surface area contributed by atoms with E-state index in [4.69, 9.17) is 0 Å². The maximum atomic E-state index is 12.7. The molecule has 2 N–H and O–H groups in total. The largest absolute Gasteiger partial charge is 0.480 e. The highest BCUT2D eigenvalue weighted by molar-refractivity contribution is 5.97. The lowest BCUT2D eigenvalue weighted by atomic mass is 9.85. The molecule has 146 valence electrons. The molecule has 29 heavy (non-hydrogen) atoms. The summed E-state index contributed by atoms with van der Waals surface area (Å²) in [5.41, 5.74) is 1.23. The van der Waals surface area contributed by atoms with E-state index in [-0.39, 0.29) is 11.3 Å². The van der Waals surface area contributed by atoms with Crippen molar-refractivity contribution >= 4 is 17.6 Å². The maximum absolute atomic E-state index is 12.7. The van der Waals surface area contributed by atoms with Crippen LogP contribution in [0.4, 0.5) is 5.69 Å². The number of non-ortho nitro benzene ring substituents is 1. The minimum Gasteiger partial charge on any atom is -0.480 e. The minimum atomic E-state index is -1.27. The third-order valence-electron chi connectivity index (χ3n) is 4.52. The van der Waals surface area contributed by atoms with Crippen LogP contribution in [-0.4, -0.2) is 27.9 Å². The summed E-state index contributed by atoms with van der Waals surface area (Å²) in [6.45, 7) is 0. The van der Waals surface area contributed by atoms with Crippen LogP contribution in [0.1, 0.15) is 27.4 Å². The molecule has 0 aliphatic heterocycles. The number of nitrogens with one attached hydrogen (secondary N) is 1. The number of carbonyl (C=O) groups is 2. The highest BCUT2D eigenvalue weighted by atomic mass is 16.6. The fourth-order valence-electron chi connectivity index (χ4n) is 3.17. The lowest BCUT2D eigenvalue weighted by Gasteiger charge is -2.26. The smallest absolute Gasteiger partial charge is 0.327 e. The van der Waals surface area contributed by atoms with Gasteiger partial charge in [0.2, 0.25) is 0 Å². The number of benzene rings is 3. The molecule has 0 radical (unpaired) electrons. The summed E-state index contributed by atoms with van der Waals surface area (Å²) >= 11 is 0. The Balaban J connectivity index is 1.98. The van der Waals surface area contributed by atoms with Crippen molar-refractivity contribution in [2.24, 2.45) is 0 Å². The monoisotopic (exact) mass is 390 g/mol. The third-order valence-corrected chi connectivity index (χ3v) is 4.52. The number of aliphatic carboxylic acids is 1. The Morgan fingerprint density at radius 3 is 1.90 bits per heavy atom. The number of nitrogens with zero attached hydrogens (tertiary/aromatic N) is 1. The van der Waals surface area contributed by atoms with Crippen molar-refractivity contribution in [2.45, 2.75) is 12.0 Å². The number of hydrogen-bond donors (Lipinski definition) is 2. The Hall–Kier alpha value is -4.00. The molecule has 0 aliphatic carbocycles. The first-order valence-electron chi connectivity index (χ1n) is 8.85. The standard InChI is InChI=1S/C22H18N2O5/c25-21(17-12-7-13-18(14-17)24(28)29)23-20(22(26)27)19(15-8-3-1-4-9-15)16-10-5-2-6-11-16/h1-14,19-20H,(H,23,25)(H,26,27)/t20-/m0/s1. The molecule has 0 bridgehead atoms. The molecule has 3 aromatic rings. The molecule has 0 unspecified atom stereocenters. The average Bonchev–Trinajstić information content (AvgIpc) is 2.74. The second kappa shape index (κ2) is 8.79.